The van der Waals surface area contributed by atoms with Crippen molar-refractivity contribution >= 4 is 45.1 Å². The third-order valence-electron chi connectivity index (χ3n) is 3.04. The number of allylic oxidation sites excluding steroid dienone is 1. The maximum atomic E-state index is 12.4. The number of nitrogens with zero attached hydrogens (tertiary/aromatic N) is 2. The lowest BCUT2D eigenvalue weighted by Gasteiger charge is -2.04. The third-order valence-corrected chi connectivity index (χ3v) is 3.86. The highest BCUT2D eigenvalue weighted by molar-refractivity contribution is 9.10. The Balaban J connectivity index is 2.49. The van der Waals surface area contributed by atoms with Gasteiger partial charge in [-0.2, -0.15) is 5.26 Å². The maximum Gasteiger partial charge on any atom is 0.270 e. The summed E-state index contributed by atoms with van der Waals surface area (Å²) in [4.78, 5) is 22.6. The van der Waals surface area contributed by atoms with Crippen LogP contribution in [0.25, 0.3) is 6.08 Å². The molecule has 0 radical (unpaired) electrons. The van der Waals surface area contributed by atoms with Crippen LogP contribution >= 0.6 is 27.5 Å². The molecule has 0 aliphatic rings. The topological polar surface area (TPSA) is 104 Å². The van der Waals surface area contributed by atoms with Crippen molar-refractivity contribution in [3.8, 4) is 11.8 Å². The second-order valence-electron chi connectivity index (χ2n) is 4.63. The van der Waals surface area contributed by atoms with Crippen molar-refractivity contribution in [3.05, 3.63) is 72.7 Å². The molecule has 0 heterocycles. The van der Waals surface area contributed by atoms with Crippen molar-refractivity contribution < 1.29 is 14.8 Å². The van der Waals surface area contributed by atoms with Crippen molar-refractivity contribution in [2.75, 3.05) is 0 Å². The van der Waals surface area contributed by atoms with Gasteiger partial charge in [0.15, 0.2) is 0 Å². The Morgan fingerprint density at radius 2 is 2.08 bits per heavy atom. The minimum atomic E-state index is -0.698. The van der Waals surface area contributed by atoms with Gasteiger partial charge in [-0.1, -0.05) is 23.7 Å². The molecule has 2 rings (SSSR count). The van der Waals surface area contributed by atoms with Crippen LogP contribution in [0.2, 0.25) is 5.02 Å². The van der Waals surface area contributed by atoms with Crippen molar-refractivity contribution in [2.45, 2.75) is 0 Å². The summed E-state index contributed by atoms with van der Waals surface area (Å²) in [5, 5.41) is 30.3. The first kappa shape index (κ1) is 17.7. The Kier molecular flexibility index (Phi) is 5.34. The standard InChI is InChI=1S/C16H8BrClN2O4/c17-14-7-12(18)5-10(16(14)22)4-11(8-19)15(21)9-2-1-3-13(6-9)20(23)24/h1-7,22H/b11-4+. The third kappa shape index (κ3) is 3.79. The molecule has 0 saturated carbocycles. The van der Waals surface area contributed by atoms with Crippen LogP contribution in [0.3, 0.4) is 0 Å². The number of phenolic OH excluding ortho intramolecular Hbond substituents is 1. The number of benzene rings is 2. The number of carbonyl (C=O) groups excluding carboxylic acids is 1. The lowest BCUT2D eigenvalue weighted by Crippen LogP contribution is -2.03. The molecule has 0 amide bonds. The number of rotatable bonds is 4. The van der Waals surface area contributed by atoms with Gasteiger partial charge >= 0.3 is 0 Å². The molecule has 0 aliphatic heterocycles. The van der Waals surface area contributed by atoms with E-state index < -0.39 is 10.7 Å². The summed E-state index contributed by atoms with van der Waals surface area (Å²) >= 11 is 9.00. The minimum absolute atomic E-state index is 0.00224. The van der Waals surface area contributed by atoms with Crippen LogP contribution in [0.15, 0.2) is 46.4 Å². The van der Waals surface area contributed by atoms with Crippen LogP contribution in [-0.2, 0) is 0 Å². The fourth-order valence-electron chi connectivity index (χ4n) is 1.92. The number of hydrogen-bond donors (Lipinski definition) is 1. The van der Waals surface area contributed by atoms with E-state index in [0.717, 1.165) is 6.07 Å². The first-order chi connectivity index (χ1) is 11.3. The zero-order valence-electron chi connectivity index (χ0n) is 11.9. The largest absolute Gasteiger partial charge is 0.506 e. The van der Waals surface area contributed by atoms with Gasteiger partial charge in [0.1, 0.15) is 17.4 Å². The van der Waals surface area contributed by atoms with E-state index in [-0.39, 0.29) is 28.1 Å². The second kappa shape index (κ2) is 7.25. The Hall–Kier alpha value is -2.69. The predicted molar refractivity (Wildman–Crippen MR) is 91.8 cm³/mol. The molecule has 0 spiro atoms. The van der Waals surface area contributed by atoms with Gasteiger partial charge in [-0.05, 0) is 34.1 Å². The van der Waals surface area contributed by atoms with E-state index in [1.54, 1.807) is 6.07 Å². The van der Waals surface area contributed by atoms with Gasteiger partial charge in [0, 0.05) is 28.3 Å². The fourth-order valence-corrected chi connectivity index (χ4v) is 2.75. The molecule has 120 valence electrons. The second-order valence-corrected chi connectivity index (χ2v) is 5.92. The van der Waals surface area contributed by atoms with Gasteiger partial charge in [0.2, 0.25) is 5.78 Å². The normalized spacial score (nSPS) is 11.0. The van der Waals surface area contributed by atoms with Crippen LogP contribution in [0.4, 0.5) is 5.69 Å². The average Bonchev–Trinajstić information content (AvgIpc) is 2.56. The van der Waals surface area contributed by atoms with E-state index >= 15 is 0 Å². The molecule has 0 unspecified atom stereocenters. The van der Waals surface area contributed by atoms with E-state index in [0.29, 0.717) is 9.50 Å². The Bertz CT molecular complexity index is 919. The molecule has 8 heteroatoms. The molecule has 0 atom stereocenters. The van der Waals surface area contributed by atoms with Gasteiger partial charge in [-0.15, -0.1) is 0 Å². The van der Waals surface area contributed by atoms with Gasteiger partial charge in [-0.25, -0.2) is 0 Å². The average molecular weight is 408 g/mol. The molecule has 0 saturated heterocycles. The zero-order chi connectivity index (χ0) is 17.9. The van der Waals surface area contributed by atoms with Crippen molar-refractivity contribution in [3.63, 3.8) is 0 Å². The number of halogens is 2. The minimum Gasteiger partial charge on any atom is -0.506 e. The lowest BCUT2D eigenvalue weighted by molar-refractivity contribution is -0.384. The number of nitro groups is 1. The summed E-state index contributed by atoms with van der Waals surface area (Å²) in [7, 11) is 0. The molecule has 1 N–H and O–H groups in total. The summed E-state index contributed by atoms with van der Waals surface area (Å²) in [5.41, 5.74) is -0.381. The molecule has 0 bridgehead atoms. The monoisotopic (exact) mass is 406 g/mol. The number of non-ortho nitro benzene ring substituents is 1. The van der Waals surface area contributed by atoms with Gasteiger partial charge < -0.3 is 5.11 Å². The number of Topliss-reactive ketones (excluding diaryl/α,β-unsaturated/α-hetero) is 1. The predicted octanol–water partition coefficient (Wildman–Crippen LogP) is 4.51. The summed E-state index contributed by atoms with van der Waals surface area (Å²) in [6.07, 6.45) is 1.17. The van der Waals surface area contributed by atoms with Crippen molar-refractivity contribution in [2.24, 2.45) is 0 Å². The smallest absolute Gasteiger partial charge is 0.270 e. The zero-order valence-corrected chi connectivity index (χ0v) is 14.2. The summed E-state index contributed by atoms with van der Waals surface area (Å²) in [5.74, 6) is -0.879. The van der Waals surface area contributed by atoms with Crippen molar-refractivity contribution in [1.29, 1.82) is 5.26 Å². The first-order valence-corrected chi connectivity index (χ1v) is 7.59. The van der Waals surface area contributed by atoms with E-state index in [9.17, 15) is 25.3 Å². The Labute approximate surface area is 149 Å². The van der Waals surface area contributed by atoms with Gasteiger partial charge in [0.25, 0.3) is 5.69 Å². The number of ketones is 1. The highest BCUT2D eigenvalue weighted by Crippen LogP contribution is 2.33. The number of nitro benzene ring substituents is 1. The molecule has 2 aromatic rings. The molecule has 0 aromatic heterocycles. The number of aromatic hydroxyl groups is 1. The molecular weight excluding hydrogens is 400 g/mol. The Morgan fingerprint density at radius 3 is 2.71 bits per heavy atom. The summed E-state index contributed by atoms with van der Waals surface area (Å²) < 4.78 is 0.307. The highest BCUT2D eigenvalue weighted by atomic mass is 79.9. The van der Waals surface area contributed by atoms with E-state index in [1.807, 2.05) is 0 Å². The first-order valence-electron chi connectivity index (χ1n) is 6.42. The lowest BCUT2D eigenvalue weighted by atomic mass is 10.0. The van der Waals surface area contributed by atoms with Gasteiger partial charge in [0.05, 0.1) is 9.40 Å². The van der Waals surface area contributed by atoms with E-state index in [1.165, 1.54) is 36.4 Å². The molecule has 6 nitrogen and oxygen atoms in total. The summed E-state index contributed by atoms with van der Waals surface area (Å²) in [6, 6.07) is 9.64. The summed E-state index contributed by atoms with van der Waals surface area (Å²) in [6.45, 7) is 0. The van der Waals surface area contributed by atoms with Crippen LogP contribution in [0, 0.1) is 21.4 Å². The molecule has 0 fully saturated rings. The van der Waals surface area contributed by atoms with Crippen LogP contribution in [0.1, 0.15) is 15.9 Å². The SMILES string of the molecule is N#C/C(=C\c1cc(Cl)cc(Br)c1O)C(=O)c1cccc([N+](=O)[O-])c1. The number of hydrogen-bond acceptors (Lipinski definition) is 5. The van der Waals surface area contributed by atoms with Crippen LogP contribution in [-0.4, -0.2) is 15.8 Å². The number of carbonyl (C=O) groups is 1. The molecule has 24 heavy (non-hydrogen) atoms. The van der Waals surface area contributed by atoms with Crippen LogP contribution in [0.5, 0.6) is 5.75 Å². The fraction of sp³-hybridized carbons (Fsp3) is 0. The quantitative estimate of drug-likeness (QED) is 0.264. The molecule has 2 aromatic carbocycles. The van der Waals surface area contributed by atoms with E-state index in [2.05, 4.69) is 15.9 Å². The van der Waals surface area contributed by atoms with Gasteiger partial charge in [-0.3, -0.25) is 14.9 Å². The molecule has 0 aliphatic carbocycles. The molecular formula is C16H8BrClN2O4. The van der Waals surface area contributed by atoms with Crippen molar-refractivity contribution in [1.82, 2.24) is 0 Å². The maximum absolute atomic E-state index is 12.4. The number of phenols is 1. The van der Waals surface area contributed by atoms with Crippen LogP contribution < -0.4 is 0 Å². The Morgan fingerprint density at radius 1 is 1.38 bits per heavy atom. The number of nitriles is 1. The van der Waals surface area contributed by atoms with E-state index in [4.69, 9.17) is 11.6 Å². The highest BCUT2D eigenvalue weighted by Gasteiger charge is 2.17.